The Bertz CT molecular complexity index is 2700. The molecule has 3 fully saturated rings. The van der Waals surface area contributed by atoms with Gasteiger partial charge in [-0.1, -0.05) is 84.6 Å². The van der Waals surface area contributed by atoms with Crippen LogP contribution in [0.3, 0.4) is 0 Å². The molecule has 308 valence electrons. The SMILES string of the molecule is COc1ccc(C#Cc2ccc3c(c2)[C@]2(C(=O)N3)[C@H](c3ccc(O)cc3)N3[C@H](c4ccccc4)[C@H](c4ccccc4)OC(=O)[C@H]3[C@@H]2C(=O)N2CCN(c3ncccn3)CC2)cc1. The van der Waals surface area contributed by atoms with E-state index in [1.165, 1.54) is 0 Å². The number of rotatable bonds is 6. The van der Waals surface area contributed by atoms with Crippen LogP contribution in [0.25, 0.3) is 0 Å². The number of nitrogens with one attached hydrogen (secondary N) is 1. The summed E-state index contributed by atoms with van der Waals surface area (Å²) < 4.78 is 11.9. The zero-order valence-corrected chi connectivity index (χ0v) is 33.8. The highest BCUT2D eigenvalue weighted by atomic mass is 16.6. The maximum absolute atomic E-state index is 15.8. The van der Waals surface area contributed by atoms with Crippen molar-refractivity contribution in [2.45, 2.75) is 29.6 Å². The van der Waals surface area contributed by atoms with E-state index in [9.17, 15) is 5.11 Å². The number of hydrogen-bond acceptors (Lipinski definition) is 10. The molecule has 6 atom stereocenters. The number of benzene rings is 5. The second kappa shape index (κ2) is 15.8. The highest BCUT2D eigenvalue weighted by Crippen LogP contribution is 2.65. The maximum Gasteiger partial charge on any atom is 0.324 e. The first-order chi connectivity index (χ1) is 30.3. The molecule has 12 nitrogen and oxygen atoms in total. The van der Waals surface area contributed by atoms with E-state index >= 15 is 14.4 Å². The number of aromatic hydroxyl groups is 1. The van der Waals surface area contributed by atoms with Gasteiger partial charge in [0.25, 0.3) is 0 Å². The molecule has 6 aromatic rings. The molecule has 0 aliphatic carbocycles. The van der Waals surface area contributed by atoms with Crippen LogP contribution in [-0.2, 0) is 24.5 Å². The van der Waals surface area contributed by atoms with Crippen molar-refractivity contribution in [1.82, 2.24) is 19.8 Å². The van der Waals surface area contributed by atoms with Crippen LogP contribution in [0.15, 0.2) is 146 Å². The lowest BCUT2D eigenvalue weighted by molar-refractivity contribution is -0.179. The molecule has 5 heterocycles. The highest BCUT2D eigenvalue weighted by molar-refractivity contribution is 6.12. The number of phenolic OH excluding ortho intramolecular Hbond substituents is 1. The van der Waals surface area contributed by atoms with E-state index in [0.717, 1.165) is 16.7 Å². The molecule has 2 N–H and O–H groups in total. The number of carbonyl (C=O) groups is 3. The number of hydrogen-bond donors (Lipinski definition) is 2. The number of carbonyl (C=O) groups excluding carboxylic acids is 3. The Hall–Kier alpha value is -7.49. The third kappa shape index (κ3) is 6.49. The molecule has 62 heavy (non-hydrogen) atoms. The van der Waals surface area contributed by atoms with Gasteiger partial charge >= 0.3 is 5.97 Å². The summed E-state index contributed by atoms with van der Waals surface area (Å²) >= 11 is 0. The van der Waals surface area contributed by atoms with E-state index in [-0.39, 0.29) is 11.7 Å². The van der Waals surface area contributed by atoms with E-state index in [1.807, 2.05) is 108 Å². The van der Waals surface area contributed by atoms with Gasteiger partial charge in [0.05, 0.1) is 25.1 Å². The van der Waals surface area contributed by atoms with Gasteiger partial charge < -0.3 is 29.7 Å². The van der Waals surface area contributed by atoms with Gasteiger partial charge in [0.2, 0.25) is 17.8 Å². The molecule has 10 rings (SSSR count). The van der Waals surface area contributed by atoms with Crippen molar-refractivity contribution < 1.29 is 29.0 Å². The minimum absolute atomic E-state index is 0.0393. The lowest BCUT2D eigenvalue weighted by Crippen LogP contribution is -2.58. The molecule has 4 aliphatic rings. The van der Waals surface area contributed by atoms with Crippen LogP contribution in [0, 0.1) is 17.8 Å². The van der Waals surface area contributed by atoms with Crippen molar-refractivity contribution in [2.24, 2.45) is 5.92 Å². The summed E-state index contributed by atoms with van der Waals surface area (Å²) in [4.78, 5) is 61.3. The van der Waals surface area contributed by atoms with Crippen molar-refractivity contribution >= 4 is 29.4 Å². The molecule has 0 unspecified atom stereocenters. The number of morpholine rings is 1. The van der Waals surface area contributed by atoms with Crippen LogP contribution in [-0.4, -0.2) is 82.0 Å². The number of piperazine rings is 1. The van der Waals surface area contributed by atoms with E-state index < -0.39 is 47.4 Å². The standard InChI is InChI=1S/C50H42N6O6/c1-61-38-22-15-32(16-23-38)13-14-33-17-24-40-39(31-33)50(48(60)53-40)41(46(58)54-27-29-55(30-28-54)49-51-25-8-26-52-49)43-47(59)62-44(35-11-6-3-7-12-35)42(34-9-4-2-5-10-34)56(43)45(50)36-18-20-37(57)21-19-36/h2-12,15-26,31,41-45,57H,27-30H2,1H3,(H,53,60)/t41-,42-,43-,44+,45+,50-/m1/s1. The van der Waals surface area contributed by atoms with Crippen molar-refractivity contribution in [1.29, 1.82) is 0 Å². The molecular weight excluding hydrogens is 781 g/mol. The zero-order chi connectivity index (χ0) is 42.4. The van der Waals surface area contributed by atoms with Gasteiger partial charge in [0.1, 0.15) is 29.1 Å². The molecule has 0 saturated carbocycles. The van der Waals surface area contributed by atoms with Gasteiger partial charge in [0, 0.05) is 55.4 Å². The van der Waals surface area contributed by atoms with Gasteiger partial charge in [-0.05, 0) is 82.9 Å². The van der Waals surface area contributed by atoms with Gasteiger partial charge in [0.15, 0.2) is 0 Å². The second-order valence-corrected chi connectivity index (χ2v) is 15.9. The minimum atomic E-state index is -1.68. The molecule has 2 amide bonds. The number of methoxy groups -OCH3 is 1. The molecule has 3 saturated heterocycles. The third-order valence-corrected chi connectivity index (χ3v) is 12.7. The minimum Gasteiger partial charge on any atom is -0.508 e. The van der Waals surface area contributed by atoms with Crippen LogP contribution in [0.2, 0.25) is 0 Å². The summed E-state index contributed by atoms with van der Waals surface area (Å²) in [6.07, 6.45) is 2.58. The Morgan fingerprint density at radius 2 is 1.40 bits per heavy atom. The Labute approximate surface area is 358 Å². The van der Waals surface area contributed by atoms with Crippen LogP contribution in [0.1, 0.15) is 51.6 Å². The van der Waals surface area contributed by atoms with Crippen molar-refractivity contribution in [3.05, 3.63) is 179 Å². The van der Waals surface area contributed by atoms with Gasteiger partial charge in [-0.3, -0.25) is 19.3 Å². The number of ether oxygens (including phenoxy) is 2. The number of anilines is 2. The molecule has 0 bridgehead atoms. The molecule has 12 heteroatoms. The topological polar surface area (TPSA) is 137 Å². The summed E-state index contributed by atoms with van der Waals surface area (Å²) in [5, 5.41) is 13.8. The molecule has 5 aromatic carbocycles. The molecular formula is C50H42N6O6. The Kier molecular flexibility index (Phi) is 9.89. The summed E-state index contributed by atoms with van der Waals surface area (Å²) in [5.41, 5.74) is 3.06. The summed E-state index contributed by atoms with van der Waals surface area (Å²) in [7, 11) is 1.61. The van der Waals surface area contributed by atoms with E-state index in [1.54, 1.807) is 54.7 Å². The highest BCUT2D eigenvalue weighted by Gasteiger charge is 2.74. The van der Waals surface area contributed by atoms with Crippen molar-refractivity contribution in [3.8, 4) is 23.3 Å². The predicted octanol–water partition coefficient (Wildman–Crippen LogP) is 6.21. The summed E-state index contributed by atoms with van der Waals surface area (Å²) in [5.74, 6) is 5.26. The van der Waals surface area contributed by atoms with Crippen LogP contribution < -0.4 is 15.0 Å². The zero-order valence-electron chi connectivity index (χ0n) is 33.8. The van der Waals surface area contributed by atoms with E-state index in [0.29, 0.717) is 60.3 Å². The second-order valence-electron chi connectivity index (χ2n) is 15.9. The van der Waals surface area contributed by atoms with Crippen LogP contribution in [0.4, 0.5) is 11.6 Å². The smallest absolute Gasteiger partial charge is 0.324 e. The molecule has 1 spiro atoms. The Morgan fingerprint density at radius 1 is 0.758 bits per heavy atom. The average molecular weight is 823 g/mol. The number of phenols is 1. The van der Waals surface area contributed by atoms with Crippen molar-refractivity contribution in [2.75, 3.05) is 43.5 Å². The number of esters is 1. The fourth-order valence-corrected chi connectivity index (χ4v) is 9.90. The van der Waals surface area contributed by atoms with Gasteiger partial charge in [-0.25, -0.2) is 9.97 Å². The molecule has 1 aromatic heterocycles. The van der Waals surface area contributed by atoms with Crippen LogP contribution >= 0.6 is 0 Å². The number of nitrogens with zero attached hydrogens (tertiary/aromatic N) is 5. The first-order valence-corrected chi connectivity index (χ1v) is 20.6. The average Bonchev–Trinajstić information content (AvgIpc) is 3.80. The fraction of sp³-hybridized carbons (Fsp3) is 0.220. The normalized spacial score (nSPS) is 24.0. The number of aromatic nitrogens is 2. The van der Waals surface area contributed by atoms with Crippen molar-refractivity contribution in [3.63, 3.8) is 0 Å². The van der Waals surface area contributed by atoms with Gasteiger partial charge in [-0.15, -0.1) is 0 Å². The van der Waals surface area contributed by atoms with E-state index in [2.05, 4.69) is 32.0 Å². The number of fused-ring (bicyclic) bond motifs is 3. The fourth-order valence-electron chi connectivity index (χ4n) is 9.90. The Morgan fingerprint density at radius 3 is 2.08 bits per heavy atom. The monoisotopic (exact) mass is 822 g/mol. The van der Waals surface area contributed by atoms with E-state index in [4.69, 9.17) is 9.47 Å². The summed E-state index contributed by atoms with van der Waals surface area (Å²) in [6, 6.07) is 38.1. The first-order valence-electron chi connectivity index (χ1n) is 20.6. The van der Waals surface area contributed by atoms with Gasteiger partial charge in [-0.2, -0.15) is 0 Å². The maximum atomic E-state index is 15.8. The first kappa shape index (κ1) is 38.7. The third-order valence-electron chi connectivity index (χ3n) is 12.7. The number of amides is 2. The molecule has 4 aliphatic heterocycles. The summed E-state index contributed by atoms with van der Waals surface area (Å²) in [6.45, 7) is 1.52. The lowest BCUT2D eigenvalue weighted by Gasteiger charge is -2.46. The quantitative estimate of drug-likeness (QED) is 0.147. The van der Waals surface area contributed by atoms with Crippen LogP contribution in [0.5, 0.6) is 11.5 Å². The molecule has 0 radical (unpaired) electrons. The Balaban J connectivity index is 1.18. The largest absolute Gasteiger partial charge is 0.508 e. The lowest BCUT2D eigenvalue weighted by atomic mass is 9.65. The number of cyclic esters (lactones) is 1. The predicted molar refractivity (Wildman–Crippen MR) is 231 cm³/mol.